The fourth-order valence-electron chi connectivity index (χ4n) is 4.50. The summed E-state index contributed by atoms with van der Waals surface area (Å²) < 4.78 is 21.7. The third-order valence-electron chi connectivity index (χ3n) is 6.42. The van der Waals surface area contributed by atoms with Crippen molar-refractivity contribution in [3.05, 3.63) is 46.7 Å². The van der Waals surface area contributed by atoms with E-state index in [9.17, 15) is 14.4 Å². The normalized spacial score (nSPS) is 23.3. The highest BCUT2D eigenvalue weighted by molar-refractivity contribution is 6.16. The van der Waals surface area contributed by atoms with Crippen LogP contribution in [0.2, 0.25) is 0 Å². The maximum atomic E-state index is 13.2. The van der Waals surface area contributed by atoms with Gasteiger partial charge >= 0.3 is 5.97 Å². The van der Waals surface area contributed by atoms with E-state index < -0.39 is 5.97 Å². The number of allylic oxidation sites excluding steroid dienone is 1. The van der Waals surface area contributed by atoms with Crippen LogP contribution in [0.25, 0.3) is 6.08 Å². The van der Waals surface area contributed by atoms with Gasteiger partial charge in [0, 0.05) is 25.5 Å². The zero-order valence-electron chi connectivity index (χ0n) is 20.2. The number of benzene rings is 1. The van der Waals surface area contributed by atoms with Crippen molar-refractivity contribution in [2.45, 2.75) is 44.8 Å². The Bertz CT molecular complexity index is 1000. The molecule has 2 amide bonds. The molecule has 3 aliphatic rings. The van der Waals surface area contributed by atoms with E-state index in [2.05, 4.69) is 5.32 Å². The Morgan fingerprint density at radius 1 is 1.11 bits per heavy atom. The van der Waals surface area contributed by atoms with Gasteiger partial charge in [0.05, 0.1) is 37.0 Å². The average molecular weight is 485 g/mol. The first-order valence-corrected chi connectivity index (χ1v) is 12.0. The lowest BCUT2D eigenvalue weighted by Crippen LogP contribution is -2.35. The quantitative estimate of drug-likeness (QED) is 0.423. The number of ether oxygens (including phenoxy) is 4. The Hall–Kier alpha value is -3.17. The lowest BCUT2D eigenvalue weighted by atomic mass is 10.0. The lowest BCUT2D eigenvalue weighted by molar-refractivity contribution is -0.136. The van der Waals surface area contributed by atoms with Crippen LogP contribution >= 0.6 is 0 Å². The van der Waals surface area contributed by atoms with Gasteiger partial charge in [0.25, 0.3) is 11.8 Å². The van der Waals surface area contributed by atoms with Crippen LogP contribution in [-0.2, 0) is 28.6 Å². The van der Waals surface area contributed by atoms with Gasteiger partial charge in [-0.2, -0.15) is 0 Å². The van der Waals surface area contributed by atoms with E-state index in [1.165, 1.54) is 7.11 Å². The summed E-state index contributed by atoms with van der Waals surface area (Å²) in [6, 6.07) is 6.98. The predicted octanol–water partition coefficient (Wildman–Crippen LogP) is 2.21. The largest absolute Gasteiger partial charge is 0.484 e. The van der Waals surface area contributed by atoms with Crippen LogP contribution in [0.15, 0.2) is 41.1 Å². The molecule has 0 bridgehead atoms. The SMILES string of the molecule is COC(=O)C1=C(C)N(C[C@@H]2CCCO2)C(=O)/C1=C\c1ccc(OCC(=O)NC[C@@H]2CCCO2)cc1. The third kappa shape index (κ3) is 6.10. The summed E-state index contributed by atoms with van der Waals surface area (Å²) in [6.07, 6.45) is 5.55. The minimum atomic E-state index is -0.550. The van der Waals surface area contributed by atoms with Gasteiger partial charge in [-0.25, -0.2) is 4.79 Å². The van der Waals surface area contributed by atoms with Crippen molar-refractivity contribution in [2.24, 2.45) is 0 Å². The van der Waals surface area contributed by atoms with E-state index >= 15 is 0 Å². The summed E-state index contributed by atoms with van der Waals surface area (Å²) in [7, 11) is 1.30. The van der Waals surface area contributed by atoms with Gasteiger partial charge in [0.15, 0.2) is 6.61 Å². The Morgan fingerprint density at radius 2 is 1.80 bits per heavy atom. The van der Waals surface area contributed by atoms with Crippen molar-refractivity contribution in [1.29, 1.82) is 0 Å². The van der Waals surface area contributed by atoms with Gasteiger partial charge in [-0.1, -0.05) is 12.1 Å². The second kappa shape index (κ2) is 11.5. The van der Waals surface area contributed by atoms with E-state index in [0.717, 1.165) is 37.9 Å². The predicted molar refractivity (Wildman–Crippen MR) is 127 cm³/mol. The van der Waals surface area contributed by atoms with Crippen molar-refractivity contribution in [3.8, 4) is 5.75 Å². The smallest absolute Gasteiger partial charge is 0.340 e. The molecule has 3 heterocycles. The summed E-state index contributed by atoms with van der Waals surface area (Å²) in [5.41, 5.74) is 1.84. The second-order valence-corrected chi connectivity index (χ2v) is 8.86. The molecule has 0 aromatic heterocycles. The van der Waals surface area contributed by atoms with Crippen molar-refractivity contribution in [2.75, 3.05) is 40.0 Å². The van der Waals surface area contributed by atoms with Gasteiger partial charge in [-0.05, 0) is 56.4 Å². The van der Waals surface area contributed by atoms with Crippen LogP contribution in [0.1, 0.15) is 38.2 Å². The zero-order chi connectivity index (χ0) is 24.8. The van der Waals surface area contributed by atoms with Gasteiger partial charge in [-0.3, -0.25) is 9.59 Å². The maximum Gasteiger partial charge on any atom is 0.340 e. The molecule has 0 saturated carbocycles. The fraction of sp³-hybridized carbons (Fsp3) is 0.500. The number of methoxy groups -OCH3 is 1. The van der Waals surface area contributed by atoms with Crippen molar-refractivity contribution in [3.63, 3.8) is 0 Å². The Morgan fingerprint density at radius 3 is 2.43 bits per heavy atom. The van der Waals surface area contributed by atoms with Crippen LogP contribution in [-0.4, -0.2) is 74.9 Å². The molecule has 0 spiro atoms. The monoisotopic (exact) mass is 484 g/mol. The van der Waals surface area contributed by atoms with Crippen LogP contribution < -0.4 is 10.1 Å². The first kappa shape index (κ1) is 24.9. The third-order valence-corrected chi connectivity index (χ3v) is 6.42. The number of carbonyl (C=O) groups excluding carboxylic acids is 3. The number of esters is 1. The molecule has 9 heteroatoms. The van der Waals surface area contributed by atoms with Gasteiger partial charge in [-0.15, -0.1) is 0 Å². The number of rotatable bonds is 9. The molecule has 1 N–H and O–H groups in total. The van der Waals surface area contributed by atoms with E-state index in [0.29, 0.717) is 31.1 Å². The van der Waals surface area contributed by atoms with Crippen LogP contribution in [0.4, 0.5) is 0 Å². The first-order valence-electron chi connectivity index (χ1n) is 12.0. The topological polar surface area (TPSA) is 103 Å². The summed E-state index contributed by atoms with van der Waals surface area (Å²) in [6.45, 7) is 3.98. The van der Waals surface area contributed by atoms with Crippen LogP contribution in [0, 0.1) is 0 Å². The number of hydrogen-bond donors (Lipinski definition) is 1. The Kier molecular flexibility index (Phi) is 8.20. The Labute approximate surface area is 205 Å². The molecule has 3 aliphatic heterocycles. The minimum Gasteiger partial charge on any atom is -0.484 e. The molecule has 2 saturated heterocycles. The zero-order valence-corrected chi connectivity index (χ0v) is 20.2. The molecule has 2 fully saturated rings. The molecule has 0 aliphatic carbocycles. The van der Waals surface area contributed by atoms with Crippen molar-refractivity contribution in [1.82, 2.24) is 10.2 Å². The minimum absolute atomic E-state index is 0.0357. The van der Waals surface area contributed by atoms with Crippen molar-refractivity contribution >= 4 is 23.9 Å². The highest BCUT2D eigenvalue weighted by Gasteiger charge is 2.38. The summed E-state index contributed by atoms with van der Waals surface area (Å²) in [5, 5.41) is 2.82. The number of nitrogens with zero attached hydrogens (tertiary/aromatic N) is 1. The molecule has 2 atom stereocenters. The molecule has 188 valence electrons. The number of carbonyl (C=O) groups is 3. The van der Waals surface area contributed by atoms with Crippen molar-refractivity contribution < 1.29 is 33.3 Å². The molecule has 1 aromatic carbocycles. The summed E-state index contributed by atoms with van der Waals surface area (Å²) in [5.74, 6) is -0.484. The lowest BCUT2D eigenvalue weighted by Gasteiger charge is -2.21. The van der Waals surface area contributed by atoms with E-state index in [1.807, 2.05) is 0 Å². The molecule has 1 aromatic rings. The highest BCUT2D eigenvalue weighted by Crippen LogP contribution is 2.33. The molecular formula is C26H32N2O7. The average Bonchev–Trinajstić information content (AvgIpc) is 3.62. The van der Waals surface area contributed by atoms with Gasteiger partial charge in [0.1, 0.15) is 5.75 Å². The fourth-order valence-corrected chi connectivity index (χ4v) is 4.50. The highest BCUT2D eigenvalue weighted by atomic mass is 16.5. The molecule has 9 nitrogen and oxygen atoms in total. The molecular weight excluding hydrogens is 452 g/mol. The molecule has 4 rings (SSSR count). The van der Waals surface area contributed by atoms with E-state index in [1.54, 1.807) is 42.2 Å². The van der Waals surface area contributed by atoms with Crippen LogP contribution in [0.3, 0.4) is 0 Å². The number of amides is 2. The molecule has 35 heavy (non-hydrogen) atoms. The number of nitrogens with one attached hydrogen (secondary N) is 1. The van der Waals surface area contributed by atoms with Crippen LogP contribution in [0.5, 0.6) is 5.75 Å². The summed E-state index contributed by atoms with van der Waals surface area (Å²) in [4.78, 5) is 39.3. The van der Waals surface area contributed by atoms with Gasteiger partial charge < -0.3 is 29.2 Å². The standard InChI is InChI=1S/C26H32N2O7/c1-17-24(26(31)32-2)22(25(30)28(17)15-21-6-4-12-34-21)13-18-7-9-19(10-8-18)35-16-23(29)27-14-20-5-3-11-33-20/h7-10,13,20-21H,3-6,11-12,14-16H2,1-2H3,(H,27,29)/b22-13-/t20-,21-/m0/s1. The van der Waals surface area contributed by atoms with E-state index in [-0.39, 0.29) is 41.8 Å². The maximum absolute atomic E-state index is 13.2. The second-order valence-electron chi connectivity index (χ2n) is 8.86. The van der Waals surface area contributed by atoms with Gasteiger partial charge in [0.2, 0.25) is 0 Å². The van der Waals surface area contributed by atoms with E-state index in [4.69, 9.17) is 18.9 Å². The first-order chi connectivity index (χ1) is 17.0. The molecule has 0 radical (unpaired) electrons. The summed E-state index contributed by atoms with van der Waals surface area (Å²) >= 11 is 0. The number of hydrogen-bond acceptors (Lipinski definition) is 7. The Balaban J connectivity index is 1.40. The molecule has 0 unspecified atom stereocenters.